The third-order valence-electron chi connectivity index (χ3n) is 4.65. The molecule has 0 fully saturated rings. The molecule has 0 aliphatic rings. The predicted molar refractivity (Wildman–Crippen MR) is 108 cm³/mol. The lowest BCUT2D eigenvalue weighted by Crippen LogP contribution is -2.15. The van der Waals surface area contributed by atoms with Crippen molar-refractivity contribution in [2.45, 2.75) is 38.8 Å². The first kappa shape index (κ1) is 21.7. The van der Waals surface area contributed by atoms with Crippen LogP contribution in [0.25, 0.3) is 0 Å². The van der Waals surface area contributed by atoms with Crippen molar-refractivity contribution >= 4 is 0 Å². The van der Waals surface area contributed by atoms with Crippen LogP contribution in [0.4, 0.5) is 13.2 Å². The average Bonchev–Trinajstić information content (AvgIpc) is 2.76. The van der Waals surface area contributed by atoms with Crippen molar-refractivity contribution in [3.8, 4) is 11.5 Å². The van der Waals surface area contributed by atoms with Crippen molar-refractivity contribution in [3.63, 3.8) is 0 Å². The van der Waals surface area contributed by atoms with Gasteiger partial charge in [-0.3, -0.25) is 0 Å². The van der Waals surface area contributed by atoms with Gasteiger partial charge in [0.05, 0.1) is 6.10 Å². The minimum absolute atomic E-state index is 0.0193. The van der Waals surface area contributed by atoms with E-state index in [0.29, 0.717) is 0 Å². The molecule has 158 valence electrons. The van der Waals surface area contributed by atoms with Gasteiger partial charge < -0.3 is 14.6 Å². The molecule has 1 unspecified atom stereocenters. The van der Waals surface area contributed by atoms with E-state index in [-0.39, 0.29) is 30.9 Å². The Hall–Kier alpha value is -2.99. The van der Waals surface area contributed by atoms with Crippen LogP contribution in [-0.4, -0.2) is 5.11 Å². The Balaban J connectivity index is 2.01. The summed E-state index contributed by atoms with van der Waals surface area (Å²) in [5, 5.41) is 10.2. The van der Waals surface area contributed by atoms with Crippen LogP contribution in [0.5, 0.6) is 11.5 Å². The summed E-state index contributed by atoms with van der Waals surface area (Å²) in [5.41, 5.74) is 0.317. The Morgan fingerprint density at radius 2 is 1.33 bits per heavy atom. The van der Waals surface area contributed by atoms with E-state index in [1.54, 1.807) is 31.2 Å². The fourth-order valence-electron chi connectivity index (χ4n) is 3.09. The molecule has 0 saturated heterocycles. The second-order valence-electron chi connectivity index (χ2n) is 6.83. The zero-order valence-electron chi connectivity index (χ0n) is 16.5. The first-order valence-electron chi connectivity index (χ1n) is 9.65. The molecule has 0 heterocycles. The van der Waals surface area contributed by atoms with Gasteiger partial charge in [-0.1, -0.05) is 73.7 Å². The summed E-state index contributed by atoms with van der Waals surface area (Å²) in [5.74, 6) is -0.429. The van der Waals surface area contributed by atoms with Gasteiger partial charge in [-0.15, -0.1) is 0 Å². The molecule has 0 aliphatic heterocycles. The smallest absolute Gasteiger partial charge is 0.420 e. The average molecular weight is 416 g/mol. The van der Waals surface area contributed by atoms with E-state index in [1.807, 2.05) is 36.4 Å². The number of alkyl halides is 3. The molecule has 0 aliphatic carbocycles. The van der Waals surface area contributed by atoms with Gasteiger partial charge in [-0.05, 0) is 29.2 Å². The van der Waals surface area contributed by atoms with E-state index in [4.69, 9.17) is 9.47 Å². The predicted octanol–water partition coefficient (Wildman–Crippen LogP) is 6.31. The van der Waals surface area contributed by atoms with E-state index < -0.39 is 23.6 Å². The van der Waals surface area contributed by atoms with Gasteiger partial charge in [-0.25, -0.2) is 0 Å². The molecule has 3 aromatic rings. The summed E-state index contributed by atoms with van der Waals surface area (Å²) < 4.78 is 53.4. The number of halogens is 3. The van der Waals surface area contributed by atoms with Crippen molar-refractivity contribution < 1.29 is 27.8 Å². The van der Waals surface area contributed by atoms with Crippen LogP contribution in [0.15, 0.2) is 72.8 Å². The maximum absolute atomic E-state index is 14.0. The van der Waals surface area contributed by atoms with Crippen LogP contribution >= 0.6 is 0 Å². The van der Waals surface area contributed by atoms with Crippen LogP contribution in [0.2, 0.25) is 0 Å². The molecule has 0 saturated carbocycles. The number of ether oxygens (including phenoxy) is 2. The standard InChI is InChI=1S/C24H23F3O3/c1-2-20(28)19-13-14-21(29-15-17-9-5-3-6-10-17)23(22(19)24(25,26)27)30-16-18-11-7-4-8-12-18/h3-14,20,28H,2,15-16H2,1H3. The number of benzene rings is 3. The molecule has 30 heavy (non-hydrogen) atoms. The van der Waals surface area contributed by atoms with Crippen LogP contribution in [0.1, 0.15) is 41.7 Å². The molecule has 3 aromatic carbocycles. The first-order valence-corrected chi connectivity index (χ1v) is 9.65. The van der Waals surface area contributed by atoms with Crippen molar-refractivity contribution in [1.82, 2.24) is 0 Å². The van der Waals surface area contributed by atoms with E-state index >= 15 is 0 Å². The van der Waals surface area contributed by atoms with Gasteiger partial charge in [0.15, 0.2) is 11.5 Å². The Kier molecular flexibility index (Phi) is 7.00. The molecule has 3 nitrogen and oxygen atoms in total. The topological polar surface area (TPSA) is 38.7 Å². The molecular weight excluding hydrogens is 393 g/mol. The zero-order chi connectivity index (χ0) is 21.6. The third kappa shape index (κ3) is 5.33. The summed E-state index contributed by atoms with van der Waals surface area (Å²) in [6, 6.07) is 20.7. The summed E-state index contributed by atoms with van der Waals surface area (Å²) in [6.45, 7) is 1.65. The van der Waals surface area contributed by atoms with E-state index in [2.05, 4.69) is 0 Å². The Labute approximate surface area is 173 Å². The van der Waals surface area contributed by atoms with Gasteiger partial charge in [0.1, 0.15) is 18.8 Å². The minimum atomic E-state index is -4.72. The van der Waals surface area contributed by atoms with Crippen LogP contribution in [-0.2, 0) is 19.4 Å². The lowest BCUT2D eigenvalue weighted by atomic mass is 9.98. The van der Waals surface area contributed by atoms with Crippen molar-refractivity contribution in [2.24, 2.45) is 0 Å². The number of rotatable bonds is 8. The highest BCUT2D eigenvalue weighted by Crippen LogP contribution is 2.46. The fourth-order valence-corrected chi connectivity index (χ4v) is 3.09. The first-order chi connectivity index (χ1) is 14.4. The van der Waals surface area contributed by atoms with Gasteiger partial charge in [-0.2, -0.15) is 13.2 Å². The highest BCUT2D eigenvalue weighted by atomic mass is 19.4. The number of aliphatic hydroxyl groups excluding tert-OH is 1. The largest absolute Gasteiger partial charge is 0.485 e. The monoisotopic (exact) mass is 416 g/mol. The molecule has 0 aromatic heterocycles. The minimum Gasteiger partial charge on any atom is -0.485 e. The highest BCUT2D eigenvalue weighted by Gasteiger charge is 2.40. The lowest BCUT2D eigenvalue weighted by molar-refractivity contribution is -0.140. The normalized spacial score (nSPS) is 12.4. The molecular formula is C24H23F3O3. The van der Waals surface area contributed by atoms with Crippen molar-refractivity contribution in [2.75, 3.05) is 0 Å². The van der Waals surface area contributed by atoms with E-state index in [0.717, 1.165) is 11.1 Å². The highest BCUT2D eigenvalue weighted by molar-refractivity contribution is 5.53. The summed E-state index contributed by atoms with van der Waals surface area (Å²) in [6.07, 6.45) is -5.83. The Morgan fingerprint density at radius 1 is 0.800 bits per heavy atom. The van der Waals surface area contributed by atoms with E-state index in [1.165, 1.54) is 12.1 Å². The number of hydrogen-bond donors (Lipinski definition) is 1. The van der Waals surface area contributed by atoms with Crippen LogP contribution < -0.4 is 9.47 Å². The zero-order valence-corrected chi connectivity index (χ0v) is 16.5. The van der Waals surface area contributed by atoms with Gasteiger partial charge >= 0.3 is 6.18 Å². The maximum Gasteiger partial charge on any atom is 0.420 e. The maximum atomic E-state index is 14.0. The summed E-state index contributed by atoms with van der Waals surface area (Å²) in [7, 11) is 0. The summed E-state index contributed by atoms with van der Waals surface area (Å²) in [4.78, 5) is 0. The van der Waals surface area contributed by atoms with Gasteiger partial charge in [0.25, 0.3) is 0 Å². The lowest BCUT2D eigenvalue weighted by Gasteiger charge is -2.23. The Bertz CT molecular complexity index is 941. The molecule has 1 atom stereocenters. The molecule has 0 bridgehead atoms. The van der Waals surface area contributed by atoms with Crippen molar-refractivity contribution in [3.05, 3.63) is 95.1 Å². The molecule has 0 radical (unpaired) electrons. The molecule has 3 rings (SSSR count). The quantitative estimate of drug-likeness (QED) is 0.468. The second-order valence-corrected chi connectivity index (χ2v) is 6.83. The molecule has 0 amide bonds. The fraction of sp³-hybridized carbons (Fsp3) is 0.250. The van der Waals surface area contributed by atoms with Gasteiger partial charge in [0, 0.05) is 0 Å². The van der Waals surface area contributed by atoms with E-state index in [9.17, 15) is 18.3 Å². The second kappa shape index (κ2) is 9.67. The van der Waals surface area contributed by atoms with Gasteiger partial charge in [0.2, 0.25) is 0 Å². The SMILES string of the molecule is CCC(O)c1ccc(OCc2ccccc2)c(OCc2ccccc2)c1C(F)(F)F. The van der Waals surface area contributed by atoms with Crippen LogP contribution in [0, 0.1) is 0 Å². The number of aliphatic hydroxyl groups is 1. The summed E-state index contributed by atoms with van der Waals surface area (Å²) >= 11 is 0. The third-order valence-corrected chi connectivity index (χ3v) is 4.65. The van der Waals surface area contributed by atoms with Crippen molar-refractivity contribution in [1.29, 1.82) is 0 Å². The van der Waals surface area contributed by atoms with Crippen LogP contribution in [0.3, 0.4) is 0 Å². The molecule has 6 heteroatoms. The number of hydrogen-bond acceptors (Lipinski definition) is 3. The molecule has 0 spiro atoms. The Morgan fingerprint density at radius 3 is 1.83 bits per heavy atom. The molecule has 1 N–H and O–H groups in total.